The maximum absolute atomic E-state index is 12.7. The van der Waals surface area contributed by atoms with Crippen LogP contribution in [0, 0.1) is 0 Å². The van der Waals surface area contributed by atoms with Gasteiger partial charge >= 0.3 is 13.3 Å². The van der Waals surface area contributed by atoms with Gasteiger partial charge in [0, 0.05) is 0 Å². The summed E-state index contributed by atoms with van der Waals surface area (Å²) in [6.07, 6.45) is -4.34. The summed E-state index contributed by atoms with van der Waals surface area (Å²) in [6.45, 7) is 7.86. The molecule has 0 amide bonds. The zero-order valence-electron chi connectivity index (χ0n) is 15.8. The first kappa shape index (κ1) is 19.9. The van der Waals surface area contributed by atoms with Gasteiger partial charge in [-0.15, -0.1) is 0 Å². The van der Waals surface area contributed by atoms with Gasteiger partial charge in [0.1, 0.15) is 0 Å². The van der Waals surface area contributed by atoms with E-state index in [2.05, 4.69) is 0 Å². The Morgan fingerprint density at radius 3 is 1.63 bits per heavy atom. The van der Waals surface area contributed by atoms with Crippen LogP contribution in [0.15, 0.2) is 48.5 Å². The van der Waals surface area contributed by atoms with Gasteiger partial charge in [0.15, 0.2) is 0 Å². The molecule has 144 valence electrons. The average Bonchev–Trinajstić information content (AvgIpc) is 2.81. The second-order valence-electron chi connectivity index (χ2n) is 7.85. The molecule has 1 aliphatic heterocycles. The minimum atomic E-state index is -4.34. The van der Waals surface area contributed by atoms with Crippen molar-refractivity contribution >= 4 is 7.12 Å². The van der Waals surface area contributed by atoms with E-state index in [1.54, 1.807) is 0 Å². The first-order chi connectivity index (χ1) is 12.4. The van der Waals surface area contributed by atoms with Gasteiger partial charge in [0.25, 0.3) is 0 Å². The monoisotopic (exact) mass is 377 g/mol. The highest BCUT2D eigenvalue weighted by Gasteiger charge is 2.53. The molecule has 0 bridgehead atoms. The van der Waals surface area contributed by atoms with Crippen LogP contribution in [0.25, 0.3) is 11.1 Å². The molecule has 7 heteroatoms. The Hall–Kier alpha value is -1.83. The summed E-state index contributed by atoms with van der Waals surface area (Å²) in [7, 11) is -0.563. The minimum Gasteiger partial charge on any atom is -0.402 e. The van der Waals surface area contributed by atoms with Gasteiger partial charge in [-0.3, -0.25) is 0 Å². The van der Waals surface area contributed by atoms with Crippen LogP contribution in [0.3, 0.4) is 0 Å². The molecule has 0 spiro atoms. The fourth-order valence-corrected chi connectivity index (χ4v) is 2.94. The molecule has 1 atom stereocenters. The topological polar surface area (TPSA) is 44.5 Å². The number of nitrogens with two attached hydrogens (primary N) is 1. The third-order valence-electron chi connectivity index (χ3n) is 5.41. The van der Waals surface area contributed by atoms with E-state index in [1.165, 1.54) is 12.1 Å². The highest BCUT2D eigenvalue weighted by molar-refractivity contribution is 6.47. The Balaban J connectivity index is 1.76. The van der Waals surface area contributed by atoms with Crippen molar-refractivity contribution in [3.05, 3.63) is 59.7 Å². The summed E-state index contributed by atoms with van der Waals surface area (Å²) in [6, 6.07) is 12.5. The summed E-state index contributed by atoms with van der Waals surface area (Å²) < 4.78 is 50.0. The molecule has 1 heterocycles. The van der Waals surface area contributed by atoms with E-state index < -0.39 is 36.0 Å². The van der Waals surface area contributed by atoms with E-state index >= 15 is 0 Å². The first-order valence-corrected chi connectivity index (χ1v) is 8.79. The van der Waals surface area contributed by atoms with Crippen LogP contribution in [0.4, 0.5) is 13.2 Å². The van der Waals surface area contributed by atoms with E-state index in [0.29, 0.717) is 5.56 Å². The summed E-state index contributed by atoms with van der Waals surface area (Å²) >= 11 is 0. The summed E-state index contributed by atoms with van der Waals surface area (Å²) in [5.41, 5.74) is 7.09. The normalized spacial score (nSPS) is 19.9. The molecule has 1 fully saturated rings. The summed E-state index contributed by atoms with van der Waals surface area (Å²) in [4.78, 5) is 0. The van der Waals surface area contributed by atoms with Gasteiger partial charge in [-0.2, -0.15) is 13.2 Å². The molecule has 0 aromatic heterocycles. The predicted molar refractivity (Wildman–Crippen MR) is 99.9 cm³/mol. The summed E-state index contributed by atoms with van der Waals surface area (Å²) in [5.74, 6) is -0.465. The quantitative estimate of drug-likeness (QED) is 0.766. The molecule has 27 heavy (non-hydrogen) atoms. The zero-order valence-corrected chi connectivity index (χ0v) is 15.8. The van der Waals surface area contributed by atoms with Crippen LogP contribution in [0.1, 0.15) is 44.8 Å². The Kier molecular flexibility index (Phi) is 4.91. The van der Waals surface area contributed by atoms with Gasteiger partial charge in [-0.05, 0) is 56.5 Å². The molecule has 1 saturated heterocycles. The number of benzene rings is 2. The van der Waals surface area contributed by atoms with E-state index in [9.17, 15) is 13.2 Å². The van der Waals surface area contributed by atoms with E-state index in [1.807, 2.05) is 52.0 Å². The standard InChI is InChI=1S/C20H23BF3NO2/c1-18(2)19(3,4)27-21(26-18)17(25)15-7-5-13(6-8-15)14-9-11-16(12-10-14)20(22,23)24/h5-12,17H,25H2,1-4H3/t17-/m0/s1. The highest BCUT2D eigenvalue weighted by Crippen LogP contribution is 2.39. The van der Waals surface area contributed by atoms with Crippen LogP contribution in [0.2, 0.25) is 0 Å². The second kappa shape index (κ2) is 6.65. The molecule has 3 rings (SSSR count). The summed E-state index contributed by atoms with van der Waals surface area (Å²) in [5, 5.41) is 0. The van der Waals surface area contributed by atoms with Crippen molar-refractivity contribution in [2.75, 3.05) is 0 Å². The lowest BCUT2D eigenvalue weighted by Gasteiger charge is -2.32. The van der Waals surface area contributed by atoms with Crippen molar-refractivity contribution in [3.8, 4) is 11.1 Å². The van der Waals surface area contributed by atoms with Crippen LogP contribution in [-0.2, 0) is 15.5 Å². The molecule has 3 nitrogen and oxygen atoms in total. The minimum absolute atomic E-state index is 0.463. The lowest BCUT2D eigenvalue weighted by molar-refractivity contribution is -0.137. The van der Waals surface area contributed by atoms with Gasteiger partial charge in [-0.25, -0.2) is 0 Å². The third-order valence-corrected chi connectivity index (χ3v) is 5.41. The van der Waals surface area contributed by atoms with Crippen molar-refractivity contribution in [3.63, 3.8) is 0 Å². The Labute approximate surface area is 157 Å². The highest BCUT2D eigenvalue weighted by atomic mass is 19.4. The number of halogens is 3. The smallest absolute Gasteiger partial charge is 0.402 e. The largest absolute Gasteiger partial charge is 0.480 e. The molecule has 1 aliphatic rings. The molecule has 0 saturated carbocycles. The van der Waals surface area contributed by atoms with Crippen molar-refractivity contribution in [1.29, 1.82) is 0 Å². The van der Waals surface area contributed by atoms with Crippen LogP contribution in [0.5, 0.6) is 0 Å². The molecule has 2 aromatic carbocycles. The predicted octanol–water partition coefficient (Wildman–Crippen LogP) is 5.00. The van der Waals surface area contributed by atoms with E-state index in [-0.39, 0.29) is 0 Å². The molecule has 2 N–H and O–H groups in total. The lowest BCUT2D eigenvalue weighted by Crippen LogP contribution is -2.41. The molecule has 0 unspecified atom stereocenters. The number of rotatable bonds is 3. The van der Waals surface area contributed by atoms with Gasteiger partial charge in [0.05, 0.1) is 22.7 Å². The lowest BCUT2D eigenvalue weighted by atomic mass is 9.74. The van der Waals surface area contributed by atoms with Gasteiger partial charge in [0.2, 0.25) is 0 Å². The molecular formula is C20H23BF3NO2. The molecular weight excluding hydrogens is 354 g/mol. The number of alkyl halides is 3. The van der Waals surface area contributed by atoms with Crippen LogP contribution < -0.4 is 5.73 Å². The van der Waals surface area contributed by atoms with Crippen molar-refractivity contribution in [1.82, 2.24) is 0 Å². The second-order valence-corrected chi connectivity index (χ2v) is 7.85. The van der Waals surface area contributed by atoms with Crippen LogP contribution in [-0.4, -0.2) is 18.3 Å². The molecule has 2 aromatic rings. The number of hydrogen-bond acceptors (Lipinski definition) is 3. The van der Waals surface area contributed by atoms with Crippen molar-refractivity contribution in [2.45, 2.75) is 51.0 Å². The fraction of sp³-hybridized carbons (Fsp3) is 0.400. The first-order valence-electron chi connectivity index (χ1n) is 8.79. The molecule has 0 aliphatic carbocycles. The van der Waals surface area contributed by atoms with Gasteiger partial charge in [-0.1, -0.05) is 36.4 Å². The maximum Gasteiger partial charge on any atom is 0.480 e. The average molecular weight is 377 g/mol. The van der Waals surface area contributed by atoms with Crippen molar-refractivity contribution in [2.24, 2.45) is 5.73 Å². The SMILES string of the molecule is CC1(C)OB([C@@H](N)c2ccc(-c3ccc(C(F)(F)F)cc3)cc2)OC1(C)C. The van der Waals surface area contributed by atoms with Crippen molar-refractivity contribution < 1.29 is 22.5 Å². The van der Waals surface area contributed by atoms with E-state index in [0.717, 1.165) is 23.3 Å². The van der Waals surface area contributed by atoms with Crippen LogP contribution >= 0.6 is 0 Å². The Morgan fingerprint density at radius 1 is 0.815 bits per heavy atom. The molecule has 0 radical (unpaired) electrons. The van der Waals surface area contributed by atoms with Gasteiger partial charge < -0.3 is 15.0 Å². The Morgan fingerprint density at radius 2 is 1.22 bits per heavy atom. The fourth-order valence-electron chi connectivity index (χ4n) is 2.94. The zero-order chi connectivity index (χ0) is 20.0. The third kappa shape index (κ3) is 3.90. The number of hydrogen-bond donors (Lipinski definition) is 1. The Bertz CT molecular complexity index is 785. The van der Waals surface area contributed by atoms with E-state index in [4.69, 9.17) is 15.0 Å². The maximum atomic E-state index is 12.7.